The van der Waals surface area contributed by atoms with Gasteiger partial charge in [-0.05, 0) is 20.8 Å². The van der Waals surface area contributed by atoms with Crippen molar-refractivity contribution in [1.29, 1.82) is 0 Å². The predicted octanol–water partition coefficient (Wildman–Crippen LogP) is 2.30. The Kier molecular flexibility index (Phi) is 6.05. The molecule has 0 saturated heterocycles. The van der Waals surface area contributed by atoms with Crippen molar-refractivity contribution in [2.45, 2.75) is 26.7 Å². The maximum atomic E-state index is 12.9. The number of ketones is 1. The monoisotopic (exact) mass is 343 g/mol. The van der Waals surface area contributed by atoms with Crippen molar-refractivity contribution in [3.63, 3.8) is 0 Å². The third-order valence-electron chi connectivity index (χ3n) is 3.45. The average Bonchev–Trinajstić information content (AvgIpc) is 2.60. The van der Waals surface area contributed by atoms with Gasteiger partial charge in [0.05, 0.1) is 18.9 Å². The number of ether oxygens (including phenoxy) is 2. The van der Waals surface area contributed by atoms with Crippen LogP contribution in [0.2, 0.25) is 0 Å². The van der Waals surface area contributed by atoms with Crippen LogP contribution in [-0.4, -0.2) is 34.9 Å². The highest BCUT2D eigenvalue weighted by Crippen LogP contribution is 2.31. The lowest BCUT2D eigenvalue weighted by atomic mass is 9.93. The molecule has 0 aliphatic heterocycles. The first kappa shape index (κ1) is 18.4. The van der Waals surface area contributed by atoms with Crippen molar-refractivity contribution < 1.29 is 19.1 Å². The number of carbonyl (C=O) groups excluding carboxylic acids is 2. The molecule has 25 heavy (non-hydrogen) atoms. The fourth-order valence-corrected chi connectivity index (χ4v) is 2.38. The van der Waals surface area contributed by atoms with Gasteiger partial charge in [0.15, 0.2) is 11.7 Å². The summed E-state index contributed by atoms with van der Waals surface area (Å²) in [6.07, 6.45) is 0. The van der Waals surface area contributed by atoms with Gasteiger partial charge in [0, 0.05) is 5.56 Å². The van der Waals surface area contributed by atoms with E-state index in [1.165, 1.54) is 0 Å². The SMILES string of the molecule is CCOC(=O)[C@@H](C(=O)c1ccccc1)c1nc(C)nc(OCC)c1N. The molecule has 2 aromatic rings. The first-order valence-electron chi connectivity index (χ1n) is 8.02. The molecule has 0 spiro atoms. The summed E-state index contributed by atoms with van der Waals surface area (Å²) >= 11 is 0. The normalized spacial score (nSPS) is 11.6. The van der Waals surface area contributed by atoms with E-state index in [4.69, 9.17) is 15.2 Å². The molecule has 7 heteroatoms. The zero-order chi connectivity index (χ0) is 18.4. The number of anilines is 1. The minimum absolute atomic E-state index is 0.0646. The number of esters is 1. The second-order valence-electron chi connectivity index (χ2n) is 5.22. The van der Waals surface area contributed by atoms with E-state index >= 15 is 0 Å². The Morgan fingerprint density at radius 1 is 1.12 bits per heavy atom. The summed E-state index contributed by atoms with van der Waals surface area (Å²) in [6, 6.07) is 8.47. The number of hydrogen-bond acceptors (Lipinski definition) is 7. The number of aromatic nitrogens is 2. The van der Waals surface area contributed by atoms with Crippen LogP contribution in [0.15, 0.2) is 30.3 Å². The zero-order valence-corrected chi connectivity index (χ0v) is 14.5. The van der Waals surface area contributed by atoms with Gasteiger partial charge in [-0.3, -0.25) is 9.59 Å². The Bertz CT molecular complexity index is 762. The molecular formula is C18H21N3O4. The van der Waals surface area contributed by atoms with Crippen LogP contribution in [0.4, 0.5) is 5.69 Å². The van der Waals surface area contributed by atoms with E-state index in [0.717, 1.165) is 0 Å². The van der Waals surface area contributed by atoms with E-state index in [1.807, 2.05) is 0 Å². The summed E-state index contributed by atoms with van der Waals surface area (Å²) in [4.78, 5) is 33.8. The summed E-state index contributed by atoms with van der Waals surface area (Å²) in [5, 5.41) is 0. The third kappa shape index (κ3) is 4.12. The molecule has 0 bridgehead atoms. The summed E-state index contributed by atoms with van der Waals surface area (Å²) < 4.78 is 10.5. The lowest BCUT2D eigenvalue weighted by Gasteiger charge is -2.18. The Morgan fingerprint density at radius 2 is 1.80 bits per heavy atom. The van der Waals surface area contributed by atoms with Gasteiger partial charge in [-0.25, -0.2) is 4.98 Å². The number of nitrogens with zero attached hydrogens (tertiary/aromatic N) is 2. The zero-order valence-electron chi connectivity index (χ0n) is 14.5. The number of nitrogens with two attached hydrogens (primary N) is 1. The van der Waals surface area contributed by atoms with Crippen molar-refractivity contribution in [2.75, 3.05) is 18.9 Å². The number of carbonyl (C=O) groups is 2. The molecule has 1 aromatic heterocycles. The van der Waals surface area contributed by atoms with E-state index in [0.29, 0.717) is 18.0 Å². The highest BCUT2D eigenvalue weighted by atomic mass is 16.5. The molecule has 2 rings (SSSR count). The molecule has 0 fully saturated rings. The first-order chi connectivity index (χ1) is 12.0. The summed E-state index contributed by atoms with van der Waals surface area (Å²) in [7, 11) is 0. The molecule has 132 valence electrons. The summed E-state index contributed by atoms with van der Waals surface area (Å²) in [5.74, 6) is -1.92. The number of hydrogen-bond donors (Lipinski definition) is 1. The molecule has 7 nitrogen and oxygen atoms in total. The first-order valence-corrected chi connectivity index (χ1v) is 8.02. The quantitative estimate of drug-likeness (QED) is 0.467. The number of nitrogen functional groups attached to an aromatic ring is 1. The van der Waals surface area contributed by atoms with Gasteiger partial charge in [-0.15, -0.1) is 0 Å². The molecule has 0 unspecified atom stereocenters. The highest BCUT2D eigenvalue weighted by Gasteiger charge is 2.35. The summed E-state index contributed by atoms with van der Waals surface area (Å²) in [6.45, 7) is 5.58. The van der Waals surface area contributed by atoms with Crippen LogP contribution in [0.3, 0.4) is 0 Å². The number of benzene rings is 1. The minimum atomic E-state index is -1.27. The minimum Gasteiger partial charge on any atom is -0.476 e. The fourth-order valence-electron chi connectivity index (χ4n) is 2.38. The van der Waals surface area contributed by atoms with Gasteiger partial charge >= 0.3 is 5.97 Å². The van der Waals surface area contributed by atoms with Crippen LogP contribution in [-0.2, 0) is 9.53 Å². The molecule has 0 radical (unpaired) electrons. The molecule has 0 amide bonds. The van der Waals surface area contributed by atoms with Gasteiger partial charge in [0.25, 0.3) is 0 Å². The van der Waals surface area contributed by atoms with E-state index in [2.05, 4.69) is 9.97 Å². The third-order valence-corrected chi connectivity index (χ3v) is 3.45. The number of aryl methyl sites for hydroxylation is 1. The predicted molar refractivity (Wildman–Crippen MR) is 92.5 cm³/mol. The van der Waals surface area contributed by atoms with Crippen LogP contribution >= 0.6 is 0 Å². The lowest BCUT2D eigenvalue weighted by Crippen LogP contribution is -2.27. The van der Waals surface area contributed by atoms with E-state index in [1.54, 1.807) is 51.1 Å². The van der Waals surface area contributed by atoms with Crippen LogP contribution in [0.5, 0.6) is 5.88 Å². The average molecular weight is 343 g/mol. The molecule has 1 heterocycles. The van der Waals surface area contributed by atoms with Gasteiger partial charge in [0.1, 0.15) is 11.5 Å². The number of Topliss-reactive ketones (excluding diaryl/α,β-unsaturated/α-hetero) is 1. The molecule has 2 N–H and O–H groups in total. The van der Waals surface area contributed by atoms with Crippen molar-refractivity contribution in [2.24, 2.45) is 0 Å². The van der Waals surface area contributed by atoms with Gasteiger partial charge < -0.3 is 15.2 Å². The Morgan fingerprint density at radius 3 is 2.40 bits per heavy atom. The van der Waals surface area contributed by atoms with Crippen LogP contribution < -0.4 is 10.5 Å². The number of rotatable bonds is 7. The maximum Gasteiger partial charge on any atom is 0.323 e. The van der Waals surface area contributed by atoms with Crippen LogP contribution in [0, 0.1) is 6.92 Å². The van der Waals surface area contributed by atoms with E-state index < -0.39 is 17.7 Å². The van der Waals surface area contributed by atoms with Crippen LogP contribution in [0.25, 0.3) is 0 Å². The van der Waals surface area contributed by atoms with E-state index in [-0.39, 0.29) is 23.9 Å². The summed E-state index contributed by atoms with van der Waals surface area (Å²) in [5.41, 5.74) is 6.61. The Balaban J connectivity index is 2.57. The molecule has 0 aliphatic rings. The molecule has 0 aliphatic carbocycles. The van der Waals surface area contributed by atoms with Crippen molar-refractivity contribution in [3.05, 3.63) is 47.4 Å². The smallest absolute Gasteiger partial charge is 0.323 e. The standard InChI is InChI=1S/C18H21N3O4/c1-4-24-17-14(19)15(20-11(3)21-17)13(18(23)25-5-2)16(22)12-9-7-6-8-10-12/h6-10,13H,4-5,19H2,1-3H3/t13-/m1/s1. The molecule has 0 saturated carbocycles. The van der Waals surface area contributed by atoms with Gasteiger partial charge in [0.2, 0.25) is 5.88 Å². The van der Waals surface area contributed by atoms with Crippen molar-refractivity contribution in [3.8, 4) is 5.88 Å². The van der Waals surface area contributed by atoms with Gasteiger partial charge in [-0.1, -0.05) is 30.3 Å². The van der Waals surface area contributed by atoms with Crippen molar-refractivity contribution >= 4 is 17.4 Å². The maximum absolute atomic E-state index is 12.9. The molecule has 1 aromatic carbocycles. The lowest BCUT2D eigenvalue weighted by molar-refractivity contribution is -0.143. The molecule has 1 atom stereocenters. The van der Waals surface area contributed by atoms with Crippen molar-refractivity contribution in [1.82, 2.24) is 9.97 Å². The highest BCUT2D eigenvalue weighted by molar-refractivity contribution is 6.13. The topological polar surface area (TPSA) is 104 Å². The molecular weight excluding hydrogens is 322 g/mol. The fraction of sp³-hybridized carbons (Fsp3) is 0.333. The van der Waals surface area contributed by atoms with Crippen LogP contribution in [0.1, 0.15) is 41.6 Å². The largest absolute Gasteiger partial charge is 0.476 e. The van der Waals surface area contributed by atoms with E-state index in [9.17, 15) is 9.59 Å². The second kappa shape index (κ2) is 8.23. The Hall–Kier alpha value is -2.96. The van der Waals surface area contributed by atoms with Gasteiger partial charge in [-0.2, -0.15) is 4.98 Å². The Labute approximate surface area is 146 Å². The second-order valence-corrected chi connectivity index (χ2v) is 5.22.